The highest BCUT2D eigenvalue weighted by atomic mass is 32.1. The van der Waals surface area contributed by atoms with Gasteiger partial charge < -0.3 is 4.74 Å². The summed E-state index contributed by atoms with van der Waals surface area (Å²) in [6.07, 6.45) is 0. The number of hydrogen-bond donors (Lipinski definition) is 1. The van der Waals surface area contributed by atoms with Gasteiger partial charge in [-0.25, -0.2) is 15.3 Å². The highest BCUT2D eigenvalue weighted by Crippen LogP contribution is 2.24. The Morgan fingerprint density at radius 1 is 1.33 bits per heavy atom. The SMILES string of the molecule is COCN1NN=C2C(c3nc(-c4ccccc4)cs3)=NCN2C1=O. The standard InChI is InChI=1S/C15H14N6O2S/c1-23-9-21-15(22)20-8-16-12(13(20)18-19-21)14-17-11(7-24-14)10-5-3-2-4-6-10/h2-7,19H,8-9H2,1H3. The van der Waals surface area contributed by atoms with E-state index in [1.807, 2.05) is 35.7 Å². The predicted molar refractivity (Wildman–Crippen MR) is 90.5 cm³/mol. The molecule has 0 bridgehead atoms. The fourth-order valence-corrected chi connectivity index (χ4v) is 3.30. The number of rotatable bonds is 4. The van der Waals surface area contributed by atoms with E-state index in [9.17, 15) is 4.79 Å². The van der Waals surface area contributed by atoms with Crippen molar-refractivity contribution in [3.05, 3.63) is 40.7 Å². The Morgan fingerprint density at radius 2 is 2.17 bits per heavy atom. The number of thiazole rings is 1. The number of urea groups is 1. The van der Waals surface area contributed by atoms with Crippen LogP contribution in [0.4, 0.5) is 4.79 Å². The van der Waals surface area contributed by atoms with Crippen LogP contribution >= 0.6 is 11.3 Å². The van der Waals surface area contributed by atoms with Crippen molar-refractivity contribution in [2.45, 2.75) is 0 Å². The predicted octanol–water partition coefficient (Wildman–Crippen LogP) is 1.73. The highest BCUT2D eigenvalue weighted by Gasteiger charge is 2.37. The molecule has 0 atom stereocenters. The third-order valence-electron chi connectivity index (χ3n) is 3.61. The number of hydrogen-bond acceptors (Lipinski definition) is 7. The minimum atomic E-state index is -0.250. The van der Waals surface area contributed by atoms with Crippen LogP contribution in [0.3, 0.4) is 0 Å². The van der Waals surface area contributed by atoms with Crippen LogP contribution in [-0.4, -0.2) is 53.0 Å². The summed E-state index contributed by atoms with van der Waals surface area (Å²) >= 11 is 1.48. The molecule has 2 aliphatic rings. The number of carbonyl (C=O) groups is 1. The molecule has 0 radical (unpaired) electrons. The van der Waals surface area contributed by atoms with E-state index in [1.54, 1.807) is 0 Å². The molecule has 2 aromatic rings. The molecule has 0 saturated carbocycles. The van der Waals surface area contributed by atoms with Crippen LogP contribution in [0.2, 0.25) is 0 Å². The fraction of sp³-hybridized carbons (Fsp3) is 0.200. The zero-order chi connectivity index (χ0) is 16.5. The maximum absolute atomic E-state index is 12.3. The molecule has 0 spiro atoms. The number of carbonyl (C=O) groups excluding carboxylic acids is 1. The van der Waals surface area contributed by atoms with Crippen molar-refractivity contribution >= 4 is 28.9 Å². The average Bonchev–Trinajstić information content (AvgIpc) is 3.25. The molecule has 9 heteroatoms. The number of aliphatic imine (C=N–C) groups is 1. The molecular formula is C15H14N6O2S. The van der Waals surface area contributed by atoms with E-state index in [0.29, 0.717) is 11.5 Å². The number of hydrazine groups is 1. The van der Waals surface area contributed by atoms with Gasteiger partial charge in [0.25, 0.3) is 0 Å². The number of amidine groups is 1. The van der Waals surface area contributed by atoms with Crippen molar-refractivity contribution in [3.63, 3.8) is 0 Å². The van der Waals surface area contributed by atoms with Gasteiger partial charge in [-0.2, -0.15) is 5.01 Å². The second kappa shape index (κ2) is 6.02. The monoisotopic (exact) mass is 342 g/mol. The van der Waals surface area contributed by atoms with E-state index in [1.165, 1.54) is 28.4 Å². The third-order valence-corrected chi connectivity index (χ3v) is 4.46. The summed E-state index contributed by atoms with van der Waals surface area (Å²) in [7, 11) is 1.51. The number of aromatic nitrogens is 1. The molecule has 0 unspecified atom stereocenters. The van der Waals surface area contributed by atoms with Gasteiger partial charge in [0, 0.05) is 18.1 Å². The maximum atomic E-state index is 12.3. The van der Waals surface area contributed by atoms with Crippen LogP contribution in [0.1, 0.15) is 5.01 Å². The number of fused-ring (bicyclic) bond motifs is 1. The summed E-state index contributed by atoms with van der Waals surface area (Å²) in [4.78, 5) is 22.9. The molecule has 0 fully saturated rings. The minimum Gasteiger partial charge on any atom is -0.362 e. The summed E-state index contributed by atoms with van der Waals surface area (Å²) in [6.45, 7) is 0.339. The molecule has 2 aliphatic heterocycles. The first kappa shape index (κ1) is 14.8. The highest BCUT2D eigenvalue weighted by molar-refractivity contribution is 7.13. The van der Waals surface area contributed by atoms with Gasteiger partial charge in [-0.1, -0.05) is 30.3 Å². The maximum Gasteiger partial charge on any atom is 0.349 e. The first-order chi connectivity index (χ1) is 11.8. The molecule has 8 nitrogen and oxygen atoms in total. The zero-order valence-corrected chi connectivity index (χ0v) is 13.7. The van der Waals surface area contributed by atoms with Crippen molar-refractivity contribution in [3.8, 4) is 11.3 Å². The zero-order valence-electron chi connectivity index (χ0n) is 12.8. The Bertz CT molecular complexity index is 831. The van der Waals surface area contributed by atoms with E-state index in [2.05, 4.69) is 20.6 Å². The van der Waals surface area contributed by atoms with Gasteiger partial charge in [0.15, 0.2) is 5.84 Å². The van der Waals surface area contributed by atoms with Crippen molar-refractivity contribution < 1.29 is 9.53 Å². The molecule has 122 valence electrons. The van der Waals surface area contributed by atoms with E-state index in [4.69, 9.17) is 4.74 Å². The molecule has 24 heavy (non-hydrogen) atoms. The Hall–Kier alpha value is -2.78. The second-order valence-corrected chi connectivity index (χ2v) is 6.00. The van der Waals surface area contributed by atoms with Gasteiger partial charge >= 0.3 is 6.03 Å². The molecule has 0 saturated heterocycles. The van der Waals surface area contributed by atoms with Crippen molar-refractivity contribution in [2.75, 3.05) is 20.5 Å². The van der Waals surface area contributed by atoms with Gasteiger partial charge in [-0.15, -0.1) is 16.4 Å². The third kappa shape index (κ3) is 2.43. The molecule has 2 amide bonds. The van der Waals surface area contributed by atoms with Crippen molar-refractivity contribution in [1.29, 1.82) is 0 Å². The first-order valence-corrected chi connectivity index (χ1v) is 8.13. The Balaban J connectivity index is 1.60. The van der Waals surface area contributed by atoms with Crippen molar-refractivity contribution in [2.24, 2.45) is 10.1 Å². The summed E-state index contributed by atoms with van der Waals surface area (Å²) < 4.78 is 4.96. The number of hydrazone groups is 1. The van der Waals surface area contributed by atoms with Crippen molar-refractivity contribution in [1.82, 2.24) is 20.4 Å². The molecule has 3 heterocycles. The smallest absolute Gasteiger partial charge is 0.349 e. The van der Waals surface area contributed by atoms with Gasteiger partial charge in [-0.05, 0) is 0 Å². The quantitative estimate of drug-likeness (QED) is 0.917. The van der Waals surface area contributed by atoms with E-state index < -0.39 is 0 Å². The summed E-state index contributed by atoms with van der Waals surface area (Å²) in [5, 5.41) is 8.23. The molecule has 0 aliphatic carbocycles. The summed E-state index contributed by atoms with van der Waals surface area (Å²) in [6, 6.07) is 9.68. The van der Waals surface area contributed by atoms with E-state index >= 15 is 0 Å². The van der Waals surface area contributed by atoms with Gasteiger partial charge in [-0.3, -0.25) is 9.89 Å². The summed E-state index contributed by atoms with van der Waals surface area (Å²) in [5.74, 6) is 0.487. The lowest BCUT2D eigenvalue weighted by atomic mass is 10.2. The Kier molecular flexibility index (Phi) is 3.71. The summed E-state index contributed by atoms with van der Waals surface area (Å²) in [5.41, 5.74) is 5.23. The Labute approximate surface area is 142 Å². The van der Waals surface area contributed by atoms with Crippen LogP contribution in [0.25, 0.3) is 11.3 Å². The molecule has 1 N–H and O–H groups in total. The fourth-order valence-electron chi connectivity index (χ4n) is 2.47. The molecular weight excluding hydrogens is 328 g/mol. The van der Waals surface area contributed by atoms with Crippen LogP contribution in [0.5, 0.6) is 0 Å². The molecule has 1 aromatic carbocycles. The molecule has 4 rings (SSSR count). The van der Waals surface area contributed by atoms with Crippen LogP contribution in [-0.2, 0) is 4.74 Å². The lowest BCUT2D eigenvalue weighted by Crippen LogP contribution is -2.55. The number of benzene rings is 1. The average molecular weight is 342 g/mol. The van der Waals surface area contributed by atoms with Crippen LogP contribution in [0, 0.1) is 0 Å². The van der Waals surface area contributed by atoms with Crippen LogP contribution in [0.15, 0.2) is 45.8 Å². The number of nitrogens with zero attached hydrogens (tertiary/aromatic N) is 5. The van der Waals surface area contributed by atoms with Gasteiger partial charge in [0.1, 0.15) is 24.1 Å². The van der Waals surface area contributed by atoms with Gasteiger partial charge in [0.2, 0.25) is 0 Å². The van der Waals surface area contributed by atoms with E-state index in [-0.39, 0.29) is 19.4 Å². The number of methoxy groups -OCH3 is 1. The van der Waals surface area contributed by atoms with Crippen LogP contribution < -0.4 is 5.53 Å². The van der Waals surface area contributed by atoms with Gasteiger partial charge in [0.05, 0.1) is 5.69 Å². The molecule has 1 aromatic heterocycles. The van der Waals surface area contributed by atoms with E-state index in [0.717, 1.165) is 16.3 Å². The second-order valence-electron chi connectivity index (χ2n) is 5.14. The lowest BCUT2D eigenvalue weighted by Gasteiger charge is -2.30. The largest absolute Gasteiger partial charge is 0.362 e. The lowest BCUT2D eigenvalue weighted by molar-refractivity contribution is 0.0405. The minimum absolute atomic E-state index is 0.108. The Morgan fingerprint density at radius 3 is 2.96 bits per heavy atom. The number of ether oxygens (including phenoxy) is 1. The topological polar surface area (TPSA) is 82.4 Å². The normalized spacial score (nSPS) is 16.6. The first-order valence-electron chi connectivity index (χ1n) is 7.25. The number of amides is 2. The number of nitrogens with one attached hydrogen (secondary N) is 1.